The van der Waals surface area contributed by atoms with E-state index in [1.807, 2.05) is 6.92 Å². The van der Waals surface area contributed by atoms with E-state index in [2.05, 4.69) is 18.7 Å². The monoisotopic (exact) mass is 397 g/mol. The zero-order chi connectivity index (χ0) is 19.4. The summed E-state index contributed by atoms with van der Waals surface area (Å²) in [6, 6.07) is 0. The summed E-state index contributed by atoms with van der Waals surface area (Å²) in [6.45, 7) is 11.7. The molecule has 6 aliphatic rings. The molecule has 3 unspecified atom stereocenters. The molecule has 1 aliphatic carbocycles. The van der Waals surface area contributed by atoms with Gasteiger partial charge in [0.2, 0.25) is 5.79 Å². The van der Waals surface area contributed by atoms with Crippen LogP contribution in [0.1, 0.15) is 46.5 Å². The first-order chi connectivity index (χ1) is 13.5. The van der Waals surface area contributed by atoms with Gasteiger partial charge in [-0.15, -0.1) is 0 Å². The SMILES string of the molecule is C[C@@H]1CCC2[C@@H](C)[C@@H](OCCN3CCOCC3)O[C@@H]3OC4(C)CCC1[C@@]23OO4. The zero-order valence-electron chi connectivity index (χ0n) is 17.4. The van der Waals surface area contributed by atoms with Gasteiger partial charge in [0, 0.05) is 37.9 Å². The third-order valence-corrected chi connectivity index (χ3v) is 7.89. The van der Waals surface area contributed by atoms with E-state index in [4.69, 9.17) is 28.7 Å². The van der Waals surface area contributed by atoms with Crippen LogP contribution in [0.2, 0.25) is 0 Å². The lowest BCUT2D eigenvalue weighted by Crippen LogP contribution is -2.70. The van der Waals surface area contributed by atoms with Gasteiger partial charge in [0.25, 0.3) is 0 Å². The number of nitrogens with zero attached hydrogens (tertiary/aromatic N) is 1. The van der Waals surface area contributed by atoms with Crippen LogP contribution in [-0.2, 0) is 28.7 Å². The molecule has 1 spiro atoms. The van der Waals surface area contributed by atoms with Crippen LogP contribution in [0.5, 0.6) is 0 Å². The first-order valence-electron chi connectivity index (χ1n) is 11.1. The third kappa shape index (κ3) is 3.14. The maximum atomic E-state index is 6.45. The van der Waals surface area contributed by atoms with Gasteiger partial charge in [-0.2, -0.15) is 0 Å². The van der Waals surface area contributed by atoms with E-state index in [0.29, 0.717) is 24.4 Å². The van der Waals surface area contributed by atoms with Gasteiger partial charge in [-0.1, -0.05) is 13.8 Å². The Morgan fingerprint density at radius 2 is 1.86 bits per heavy atom. The standard InChI is InChI=1S/C21H35NO6/c1-14-4-5-17-15(2)18(24-13-10-22-8-11-23-12-9-22)25-19-21(17)16(14)6-7-20(3,26-19)27-28-21/h14-19H,4-13H2,1-3H3/t14-,15-,16?,17?,18+,19-,20?,21-/m1/s1. The largest absolute Gasteiger partial charge is 0.379 e. The van der Waals surface area contributed by atoms with Crippen molar-refractivity contribution in [3.05, 3.63) is 0 Å². The Bertz CT molecular complexity index is 571. The molecule has 0 aromatic rings. The van der Waals surface area contributed by atoms with Crippen molar-refractivity contribution in [2.45, 2.75) is 70.4 Å². The van der Waals surface area contributed by atoms with E-state index in [9.17, 15) is 0 Å². The molecule has 0 radical (unpaired) electrons. The summed E-state index contributed by atoms with van der Waals surface area (Å²) in [5, 5.41) is 0. The van der Waals surface area contributed by atoms with Crippen molar-refractivity contribution in [2.75, 3.05) is 39.5 Å². The normalized spacial score (nSPS) is 51.5. The number of morpholine rings is 1. The maximum Gasteiger partial charge on any atom is 0.201 e. The molecule has 28 heavy (non-hydrogen) atoms. The molecule has 6 fully saturated rings. The number of hydrogen-bond acceptors (Lipinski definition) is 7. The molecule has 1 saturated carbocycles. The van der Waals surface area contributed by atoms with Crippen LogP contribution in [0.25, 0.3) is 0 Å². The van der Waals surface area contributed by atoms with Crippen molar-refractivity contribution < 1.29 is 28.7 Å². The minimum absolute atomic E-state index is 0.241. The number of hydrogen-bond donors (Lipinski definition) is 0. The van der Waals surface area contributed by atoms with Crippen molar-refractivity contribution in [1.29, 1.82) is 0 Å². The molecule has 5 aliphatic heterocycles. The molecule has 0 aromatic carbocycles. The summed E-state index contributed by atoms with van der Waals surface area (Å²) in [6.07, 6.45) is 3.54. The molecule has 6 rings (SSSR count). The molecule has 0 amide bonds. The summed E-state index contributed by atoms with van der Waals surface area (Å²) >= 11 is 0. The minimum atomic E-state index is -0.726. The van der Waals surface area contributed by atoms with Crippen LogP contribution in [-0.4, -0.2) is 68.3 Å². The van der Waals surface area contributed by atoms with Crippen LogP contribution in [0.15, 0.2) is 0 Å². The molecule has 5 heterocycles. The number of fused-ring (bicyclic) bond motifs is 2. The van der Waals surface area contributed by atoms with Gasteiger partial charge in [-0.25, -0.2) is 9.78 Å². The highest BCUT2D eigenvalue weighted by Crippen LogP contribution is 2.60. The topological polar surface area (TPSA) is 58.6 Å². The van der Waals surface area contributed by atoms with Crippen LogP contribution in [0.4, 0.5) is 0 Å². The van der Waals surface area contributed by atoms with Gasteiger partial charge >= 0.3 is 0 Å². The van der Waals surface area contributed by atoms with Gasteiger partial charge in [-0.3, -0.25) is 4.90 Å². The summed E-state index contributed by atoms with van der Waals surface area (Å²) < 4.78 is 24.5. The lowest BCUT2D eigenvalue weighted by Gasteiger charge is -2.60. The zero-order valence-corrected chi connectivity index (χ0v) is 17.4. The first-order valence-corrected chi connectivity index (χ1v) is 11.1. The number of rotatable bonds is 4. The summed E-state index contributed by atoms with van der Waals surface area (Å²) in [5.41, 5.74) is -0.503. The highest BCUT2D eigenvalue weighted by molar-refractivity contribution is 5.09. The molecule has 0 N–H and O–H groups in total. The fourth-order valence-electron chi connectivity index (χ4n) is 6.19. The minimum Gasteiger partial charge on any atom is -0.379 e. The molecule has 7 nitrogen and oxygen atoms in total. The Balaban J connectivity index is 1.31. The van der Waals surface area contributed by atoms with Crippen molar-refractivity contribution >= 4 is 0 Å². The van der Waals surface area contributed by atoms with E-state index < -0.39 is 17.7 Å². The van der Waals surface area contributed by atoms with Crippen molar-refractivity contribution in [3.8, 4) is 0 Å². The Morgan fingerprint density at radius 1 is 1.04 bits per heavy atom. The Hall–Kier alpha value is -0.280. The first kappa shape index (κ1) is 19.7. The summed E-state index contributed by atoms with van der Waals surface area (Å²) in [4.78, 5) is 14.4. The molecule has 7 heteroatoms. The van der Waals surface area contributed by atoms with Crippen LogP contribution in [0.3, 0.4) is 0 Å². The summed E-state index contributed by atoms with van der Waals surface area (Å²) in [5.74, 6) is 0.823. The third-order valence-electron chi connectivity index (χ3n) is 7.89. The maximum absolute atomic E-state index is 6.45. The molecular formula is C21H35NO6. The Kier molecular flexibility index (Phi) is 5.23. The fraction of sp³-hybridized carbons (Fsp3) is 1.00. The van der Waals surface area contributed by atoms with E-state index in [1.165, 1.54) is 6.42 Å². The second kappa shape index (κ2) is 7.45. The predicted octanol–water partition coefficient (Wildman–Crippen LogP) is 2.54. The lowest BCUT2D eigenvalue weighted by molar-refractivity contribution is -0.577. The van der Waals surface area contributed by atoms with E-state index in [0.717, 1.165) is 52.1 Å². The van der Waals surface area contributed by atoms with Crippen LogP contribution < -0.4 is 0 Å². The number of ether oxygens (including phenoxy) is 4. The van der Waals surface area contributed by atoms with Gasteiger partial charge in [0.05, 0.1) is 19.8 Å². The molecule has 160 valence electrons. The van der Waals surface area contributed by atoms with Crippen LogP contribution in [0, 0.1) is 23.7 Å². The second-order valence-corrected chi connectivity index (χ2v) is 9.60. The molecule has 5 saturated heterocycles. The van der Waals surface area contributed by atoms with Gasteiger partial charge < -0.3 is 18.9 Å². The quantitative estimate of drug-likeness (QED) is 0.676. The molecule has 2 bridgehead atoms. The van der Waals surface area contributed by atoms with Gasteiger partial charge in [0.1, 0.15) is 0 Å². The lowest BCUT2D eigenvalue weighted by atomic mass is 9.58. The average molecular weight is 398 g/mol. The van der Waals surface area contributed by atoms with Gasteiger partial charge in [-0.05, 0) is 38.0 Å². The summed E-state index contributed by atoms with van der Waals surface area (Å²) in [7, 11) is 0. The molecule has 8 atom stereocenters. The fourth-order valence-corrected chi connectivity index (χ4v) is 6.19. The average Bonchev–Trinajstić information content (AvgIpc) is 2.92. The van der Waals surface area contributed by atoms with Crippen molar-refractivity contribution in [3.63, 3.8) is 0 Å². The van der Waals surface area contributed by atoms with E-state index in [-0.39, 0.29) is 12.2 Å². The van der Waals surface area contributed by atoms with Gasteiger partial charge in [0.15, 0.2) is 18.2 Å². The van der Waals surface area contributed by atoms with E-state index in [1.54, 1.807) is 0 Å². The van der Waals surface area contributed by atoms with E-state index >= 15 is 0 Å². The highest BCUT2D eigenvalue weighted by Gasteiger charge is 2.69. The molecule has 0 aromatic heterocycles. The van der Waals surface area contributed by atoms with Crippen molar-refractivity contribution in [1.82, 2.24) is 4.90 Å². The van der Waals surface area contributed by atoms with Crippen molar-refractivity contribution in [2.24, 2.45) is 23.7 Å². The highest BCUT2D eigenvalue weighted by atomic mass is 17.3. The predicted molar refractivity (Wildman–Crippen MR) is 100 cm³/mol. The Labute approximate surface area is 167 Å². The smallest absolute Gasteiger partial charge is 0.201 e. The Morgan fingerprint density at radius 3 is 2.68 bits per heavy atom. The molecular weight excluding hydrogens is 362 g/mol. The van der Waals surface area contributed by atoms with Crippen LogP contribution >= 0.6 is 0 Å². The second-order valence-electron chi connectivity index (χ2n) is 9.60.